The van der Waals surface area contributed by atoms with Crippen molar-refractivity contribution in [2.24, 2.45) is 0 Å². The largest absolute Gasteiger partial charge is 0.416 e. The van der Waals surface area contributed by atoms with Gasteiger partial charge >= 0.3 is 6.18 Å². The number of rotatable bonds is 4. The van der Waals surface area contributed by atoms with E-state index in [1.165, 1.54) is 12.1 Å². The zero-order valence-electron chi connectivity index (χ0n) is 12.0. The number of hydrogen-bond acceptors (Lipinski definition) is 1. The smallest absolute Gasteiger partial charge is 0.326 e. The van der Waals surface area contributed by atoms with E-state index in [0.29, 0.717) is 0 Å². The molecule has 2 rings (SSSR count). The number of anilines is 1. The molecule has 2 aromatic carbocycles. The van der Waals surface area contributed by atoms with Crippen molar-refractivity contribution < 1.29 is 18.0 Å². The minimum atomic E-state index is -4.42. The third-order valence-corrected chi connectivity index (χ3v) is 3.33. The van der Waals surface area contributed by atoms with Crippen LogP contribution in [0.3, 0.4) is 0 Å². The number of carbonyl (C=O) groups excluding carboxylic acids is 1. The predicted octanol–water partition coefficient (Wildman–Crippen LogP) is 4.84. The molecule has 22 heavy (non-hydrogen) atoms. The molecule has 0 fully saturated rings. The molecule has 1 atom stereocenters. The molecule has 1 amide bonds. The Kier molecular flexibility index (Phi) is 4.85. The molecule has 0 radical (unpaired) electrons. The molecule has 2 nitrogen and oxygen atoms in total. The molecule has 1 N–H and O–H groups in total. The summed E-state index contributed by atoms with van der Waals surface area (Å²) < 4.78 is 37.9. The van der Waals surface area contributed by atoms with Gasteiger partial charge in [0.15, 0.2) is 0 Å². The zero-order chi connectivity index (χ0) is 16.2. The van der Waals surface area contributed by atoms with Crippen molar-refractivity contribution in [3.05, 3.63) is 65.7 Å². The first-order valence-corrected chi connectivity index (χ1v) is 6.88. The van der Waals surface area contributed by atoms with E-state index in [0.717, 1.165) is 17.7 Å². The fourth-order valence-electron chi connectivity index (χ4n) is 2.16. The molecule has 0 saturated heterocycles. The van der Waals surface area contributed by atoms with Gasteiger partial charge in [0.05, 0.1) is 5.56 Å². The highest BCUT2D eigenvalue weighted by molar-refractivity contribution is 5.91. The van der Waals surface area contributed by atoms with Gasteiger partial charge in [0.25, 0.3) is 0 Å². The van der Waals surface area contributed by atoms with Crippen molar-refractivity contribution in [3.63, 3.8) is 0 Å². The second kappa shape index (κ2) is 6.64. The highest BCUT2D eigenvalue weighted by Gasteiger charge is 2.30. The number of carbonyl (C=O) groups is 1. The van der Waals surface area contributed by atoms with Gasteiger partial charge in [-0.05, 0) is 29.7 Å². The van der Waals surface area contributed by atoms with Crippen LogP contribution in [0.15, 0.2) is 54.6 Å². The van der Waals surface area contributed by atoms with Crippen LogP contribution in [0.1, 0.15) is 30.4 Å². The van der Waals surface area contributed by atoms with Gasteiger partial charge in [0.1, 0.15) is 0 Å². The van der Waals surface area contributed by atoms with Crippen molar-refractivity contribution in [2.75, 3.05) is 5.32 Å². The van der Waals surface area contributed by atoms with Crippen molar-refractivity contribution >= 4 is 11.6 Å². The van der Waals surface area contributed by atoms with Crippen molar-refractivity contribution in [2.45, 2.75) is 25.4 Å². The Morgan fingerprint density at radius 3 is 2.41 bits per heavy atom. The van der Waals surface area contributed by atoms with Crippen LogP contribution in [0.5, 0.6) is 0 Å². The van der Waals surface area contributed by atoms with Crippen molar-refractivity contribution in [1.29, 1.82) is 0 Å². The molecule has 0 spiro atoms. The summed E-state index contributed by atoms with van der Waals surface area (Å²) in [5.41, 5.74) is 0.392. The summed E-state index contributed by atoms with van der Waals surface area (Å²) in [7, 11) is 0. The zero-order valence-corrected chi connectivity index (χ0v) is 12.0. The molecule has 1 unspecified atom stereocenters. The molecule has 0 bridgehead atoms. The molecular formula is C17H16F3NO. The van der Waals surface area contributed by atoms with E-state index in [-0.39, 0.29) is 23.9 Å². The van der Waals surface area contributed by atoms with Crippen LogP contribution in [0.4, 0.5) is 18.9 Å². The number of hydrogen-bond donors (Lipinski definition) is 1. The lowest BCUT2D eigenvalue weighted by atomic mass is 9.97. The predicted molar refractivity (Wildman–Crippen MR) is 79.5 cm³/mol. The van der Waals surface area contributed by atoms with E-state index >= 15 is 0 Å². The van der Waals surface area contributed by atoms with E-state index in [2.05, 4.69) is 5.32 Å². The summed E-state index contributed by atoms with van der Waals surface area (Å²) >= 11 is 0. The summed E-state index contributed by atoms with van der Waals surface area (Å²) in [6, 6.07) is 14.1. The van der Waals surface area contributed by atoms with E-state index in [9.17, 15) is 18.0 Å². The maximum atomic E-state index is 12.6. The van der Waals surface area contributed by atoms with Crippen LogP contribution in [0.25, 0.3) is 0 Å². The normalized spacial score (nSPS) is 12.7. The summed E-state index contributed by atoms with van der Waals surface area (Å²) in [5.74, 6) is -0.317. The average molecular weight is 307 g/mol. The quantitative estimate of drug-likeness (QED) is 0.860. The Morgan fingerprint density at radius 2 is 1.77 bits per heavy atom. The maximum Gasteiger partial charge on any atom is 0.416 e. The third kappa shape index (κ3) is 4.35. The number of nitrogens with one attached hydrogen (secondary N) is 1. The molecule has 0 saturated carbocycles. The molecule has 116 valence electrons. The molecular weight excluding hydrogens is 291 g/mol. The second-order valence-electron chi connectivity index (χ2n) is 5.14. The lowest BCUT2D eigenvalue weighted by Gasteiger charge is -2.13. The fourth-order valence-corrected chi connectivity index (χ4v) is 2.16. The van der Waals surface area contributed by atoms with Crippen LogP contribution in [0, 0.1) is 0 Å². The minimum Gasteiger partial charge on any atom is -0.326 e. The topological polar surface area (TPSA) is 29.1 Å². The van der Waals surface area contributed by atoms with E-state index in [4.69, 9.17) is 0 Å². The molecule has 0 aliphatic carbocycles. The molecule has 2 aromatic rings. The van der Waals surface area contributed by atoms with Crippen LogP contribution < -0.4 is 5.32 Å². The van der Waals surface area contributed by atoms with Gasteiger partial charge in [0.2, 0.25) is 5.91 Å². The van der Waals surface area contributed by atoms with Gasteiger partial charge in [-0.2, -0.15) is 13.2 Å². The Bertz CT molecular complexity index is 638. The average Bonchev–Trinajstić information content (AvgIpc) is 2.47. The summed E-state index contributed by atoms with van der Waals surface area (Å²) in [4.78, 5) is 12.0. The van der Waals surface area contributed by atoms with Crippen molar-refractivity contribution in [3.8, 4) is 0 Å². The minimum absolute atomic E-state index is 0.00741. The number of halogens is 3. The number of alkyl halides is 3. The monoisotopic (exact) mass is 307 g/mol. The molecule has 0 aromatic heterocycles. The fraction of sp³-hybridized carbons (Fsp3) is 0.235. The standard InChI is InChI=1S/C17H16F3NO/c1-12(13-6-3-2-4-7-13)10-16(22)21-15-9-5-8-14(11-15)17(18,19)20/h2-9,11-12H,10H2,1H3,(H,21,22). The van der Waals surface area contributed by atoms with E-state index < -0.39 is 11.7 Å². The number of benzene rings is 2. The lowest BCUT2D eigenvalue weighted by Crippen LogP contribution is -2.15. The Hall–Kier alpha value is -2.30. The SMILES string of the molecule is CC(CC(=O)Nc1cccc(C(F)(F)F)c1)c1ccccc1. The van der Waals surface area contributed by atoms with Crippen LogP contribution >= 0.6 is 0 Å². The lowest BCUT2D eigenvalue weighted by molar-refractivity contribution is -0.137. The van der Waals surface area contributed by atoms with Gasteiger partial charge in [0, 0.05) is 12.1 Å². The van der Waals surface area contributed by atoms with Gasteiger partial charge in [-0.1, -0.05) is 43.3 Å². The third-order valence-electron chi connectivity index (χ3n) is 3.33. The highest BCUT2D eigenvalue weighted by Crippen LogP contribution is 2.30. The first-order valence-electron chi connectivity index (χ1n) is 6.88. The molecule has 0 heterocycles. The Morgan fingerprint density at radius 1 is 1.09 bits per heavy atom. The van der Waals surface area contributed by atoms with E-state index in [1.807, 2.05) is 37.3 Å². The van der Waals surface area contributed by atoms with E-state index in [1.54, 1.807) is 0 Å². The Balaban J connectivity index is 2.01. The van der Waals surface area contributed by atoms with Gasteiger partial charge in [-0.25, -0.2) is 0 Å². The molecule has 5 heteroatoms. The Labute approximate surface area is 127 Å². The first-order chi connectivity index (χ1) is 10.4. The van der Waals surface area contributed by atoms with Crippen LogP contribution in [-0.2, 0) is 11.0 Å². The second-order valence-corrected chi connectivity index (χ2v) is 5.14. The maximum absolute atomic E-state index is 12.6. The van der Waals surface area contributed by atoms with Crippen LogP contribution in [-0.4, -0.2) is 5.91 Å². The van der Waals surface area contributed by atoms with Gasteiger partial charge in [-0.15, -0.1) is 0 Å². The molecule has 0 aliphatic heterocycles. The van der Waals surface area contributed by atoms with Gasteiger partial charge < -0.3 is 5.32 Å². The highest BCUT2D eigenvalue weighted by atomic mass is 19.4. The summed E-state index contributed by atoms with van der Waals surface area (Å²) in [6.45, 7) is 1.90. The van der Waals surface area contributed by atoms with Gasteiger partial charge in [-0.3, -0.25) is 4.79 Å². The van der Waals surface area contributed by atoms with Crippen LogP contribution in [0.2, 0.25) is 0 Å². The van der Waals surface area contributed by atoms with Crippen molar-refractivity contribution in [1.82, 2.24) is 0 Å². The first kappa shape index (κ1) is 16.1. The molecule has 0 aliphatic rings. The summed E-state index contributed by atoms with van der Waals surface area (Å²) in [6.07, 6.45) is -4.21. The number of amides is 1. The summed E-state index contributed by atoms with van der Waals surface area (Å²) in [5, 5.41) is 2.52.